The van der Waals surface area contributed by atoms with Crippen LogP contribution < -0.4 is 10.1 Å². The number of carboxylic acids is 2. The van der Waals surface area contributed by atoms with E-state index in [0.717, 1.165) is 12.2 Å². The van der Waals surface area contributed by atoms with Crippen molar-refractivity contribution in [1.82, 2.24) is 5.32 Å². The van der Waals surface area contributed by atoms with E-state index in [4.69, 9.17) is 24.5 Å². The smallest absolute Gasteiger partial charge is 0.414 e. The first-order valence-corrected chi connectivity index (χ1v) is 8.53. The van der Waals surface area contributed by atoms with Crippen LogP contribution in [0.4, 0.5) is 0 Å². The van der Waals surface area contributed by atoms with Crippen molar-refractivity contribution >= 4 is 11.9 Å². The minimum atomic E-state index is -1.82. The number of nitrogens with one attached hydrogen (secondary N) is 1. The molecule has 0 saturated carbocycles. The summed E-state index contributed by atoms with van der Waals surface area (Å²) in [7, 11) is 1.65. The molecule has 152 valence electrons. The number of hydrogen-bond acceptors (Lipinski definition) is 6. The summed E-state index contributed by atoms with van der Waals surface area (Å²) in [6, 6.07) is 15.0. The summed E-state index contributed by atoms with van der Waals surface area (Å²) >= 11 is 0. The van der Waals surface area contributed by atoms with Crippen molar-refractivity contribution in [1.29, 1.82) is 0 Å². The van der Waals surface area contributed by atoms with Crippen LogP contribution in [0, 0.1) is 0 Å². The third-order valence-corrected chi connectivity index (χ3v) is 3.84. The van der Waals surface area contributed by atoms with E-state index in [1.54, 1.807) is 31.4 Å². The van der Waals surface area contributed by atoms with Gasteiger partial charge in [-0.2, -0.15) is 0 Å². The van der Waals surface area contributed by atoms with E-state index in [-0.39, 0.29) is 11.8 Å². The van der Waals surface area contributed by atoms with Crippen molar-refractivity contribution in [3.8, 4) is 11.5 Å². The predicted octanol–water partition coefficient (Wildman–Crippen LogP) is 1.81. The Morgan fingerprint density at radius 3 is 2.11 bits per heavy atom. The van der Waals surface area contributed by atoms with Crippen LogP contribution in [0.3, 0.4) is 0 Å². The Morgan fingerprint density at radius 2 is 1.61 bits per heavy atom. The second-order valence-corrected chi connectivity index (χ2v) is 6.05. The van der Waals surface area contributed by atoms with Crippen molar-refractivity contribution in [3.63, 3.8) is 0 Å². The summed E-state index contributed by atoms with van der Waals surface area (Å²) in [4.78, 5) is 18.2. The molecular weight excluding hydrogens is 366 g/mol. The zero-order chi connectivity index (χ0) is 21.1. The number of aromatic hydroxyl groups is 1. The molecule has 0 amide bonds. The van der Waals surface area contributed by atoms with Crippen LogP contribution in [-0.4, -0.2) is 52.1 Å². The zero-order valence-corrected chi connectivity index (χ0v) is 15.7. The van der Waals surface area contributed by atoms with Gasteiger partial charge in [-0.1, -0.05) is 30.3 Å². The first kappa shape index (κ1) is 22.9. The fourth-order valence-electron chi connectivity index (χ4n) is 2.38. The lowest BCUT2D eigenvalue weighted by Gasteiger charge is -2.18. The molecule has 8 nitrogen and oxygen atoms in total. The van der Waals surface area contributed by atoms with Gasteiger partial charge in [0.15, 0.2) is 0 Å². The number of phenols is 1. The van der Waals surface area contributed by atoms with Crippen molar-refractivity contribution in [2.45, 2.75) is 25.5 Å². The maximum absolute atomic E-state index is 10.1. The summed E-state index contributed by atoms with van der Waals surface area (Å²) in [5, 5.41) is 38.0. The fourth-order valence-corrected chi connectivity index (χ4v) is 2.38. The van der Waals surface area contributed by atoms with E-state index in [2.05, 4.69) is 12.2 Å². The van der Waals surface area contributed by atoms with Gasteiger partial charge in [-0.05, 0) is 37.1 Å². The predicted molar refractivity (Wildman–Crippen MR) is 103 cm³/mol. The van der Waals surface area contributed by atoms with Gasteiger partial charge in [-0.15, -0.1) is 0 Å². The quantitative estimate of drug-likeness (QED) is 0.451. The summed E-state index contributed by atoms with van der Waals surface area (Å²) in [5.74, 6) is -2.68. The lowest BCUT2D eigenvalue weighted by molar-refractivity contribution is -0.159. The number of methoxy groups -OCH3 is 1. The highest BCUT2D eigenvalue weighted by Gasteiger charge is 2.13. The molecule has 0 bridgehead atoms. The Bertz CT molecular complexity index is 749. The first-order chi connectivity index (χ1) is 13.2. The van der Waals surface area contributed by atoms with Gasteiger partial charge in [0.1, 0.15) is 11.5 Å². The molecule has 2 atom stereocenters. The first-order valence-electron chi connectivity index (χ1n) is 8.53. The number of aliphatic hydroxyl groups excluding tert-OH is 1. The third-order valence-electron chi connectivity index (χ3n) is 3.84. The Hall–Kier alpha value is -3.10. The number of phenolic OH excluding ortho intramolecular Hbond substituents is 1. The second-order valence-electron chi connectivity index (χ2n) is 6.05. The highest BCUT2D eigenvalue weighted by atomic mass is 16.5. The monoisotopic (exact) mass is 391 g/mol. The molecule has 28 heavy (non-hydrogen) atoms. The third kappa shape index (κ3) is 8.07. The molecule has 0 aliphatic rings. The molecule has 2 aromatic rings. The molecule has 0 heterocycles. The van der Waals surface area contributed by atoms with Gasteiger partial charge in [-0.3, -0.25) is 0 Å². The Balaban J connectivity index is 0.000000568. The van der Waals surface area contributed by atoms with Gasteiger partial charge in [-0.25, -0.2) is 9.59 Å². The van der Waals surface area contributed by atoms with Crippen molar-refractivity contribution in [2.75, 3.05) is 13.7 Å². The highest BCUT2D eigenvalue weighted by molar-refractivity contribution is 6.27. The van der Waals surface area contributed by atoms with E-state index in [0.29, 0.717) is 12.1 Å². The lowest BCUT2D eigenvalue weighted by Crippen LogP contribution is -2.32. The average molecular weight is 391 g/mol. The van der Waals surface area contributed by atoms with Crippen LogP contribution in [0.5, 0.6) is 11.5 Å². The molecule has 2 aromatic carbocycles. The zero-order valence-electron chi connectivity index (χ0n) is 15.7. The maximum Gasteiger partial charge on any atom is 0.414 e. The SMILES string of the molecule is COc1ccc(CC(C)NCC(O)c2ccccc2O)cc1.O=C(O)C(=O)O. The Morgan fingerprint density at radius 1 is 1.04 bits per heavy atom. The molecule has 0 saturated heterocycles. The summed E-state index contributed by atoms with van der Waals surface area (Å²) in [6.07, 6.45) is 0.136. The minimum Gasteiger partial charge on any atom is -0.508 e. The number of benzene rings is 2. The summed E-state index contributed by atoms with van der Waals surface area (Å²) in [5.41, 5.74) is 1.75. The number of aliphatic carboxylic acids is 2. The van der Waals surface area contributed by atoms with Gasteiger partial charge in [0.25, 0.3) is 0 Å². The number of para-hydroxylation sites is 1. The average Bonchev–Trinajstić information content (AvgIpc) is 2.67. The maximum atomic E-state index is 10.1. The standard InChI is InChI=1S/C18H23NO3.C2H2O4/c1-13(11-14-7-9-15(22-2)10-8-14)19-12-18(21)16-5-3-4-6-17(16)20;3-1(4)2(5)6/h3-10,13,18-21H,11-12H2,1-2H3;(H,3,4)(H,5,6). The van der Waals surface area contributed by atoms with E-state index in [1.807, 2.05) is 24.3 Å². The molecule has 0 aliphatic carbocycles. The fraction of sp³-hybridized carbons (Fsp3) is 0.300. The highest BCUT2D eigenvalue weighted by Crippen LogP contribution is 2.23. The molecule has 0 radical (unpaired) electrons. The van der Waals surface area contributed by atoms with Crippen LogP contribution in [0.15, 0.2) is 48.5 Å². The topological polar surface area (TPSA) is 136 Å². The van der Waals surface area contributed by atoms with Gasteiger partial charge in [0.05, 0.1) is 13.2 Å². The number of hydrogen-bond donors (Lipinski definition) is 5. The lowest BCUT2D eigenvalue weighted by atomic mass is 10.1. The molecule has 0 spiro atoms. The number of ether oxygens (including phenoxy) is 1. The van der Waals surface area contributed by atoms with Gasteiger partial charge < -0.3 is 30.5 Å². The molecule has 5 N–H and O–H groups in total. The molecular formula is C20H25NO7. The van der Waals surface area contributed by atoms with Crippen molar-refractivity contribution in [2.24, 2.45) is 0 Å². The number of carboxylic acid groups (broad SMARTS) is 2. The number of aliphatic hydroxyl groups is 1. The molecule has 2 rings (SSSR count). The molecule has 8 heteroatoms. The van der Waals surface area contributed by atoms with Crippen molar-refractivity contribution < 1.29 is 34.8 Å². The van der Waals surface area contributed by atoms with Crippen LogP contribution in [0.25, 0.3) is 0 Å². The largest absolute Gasteiger partial charge is 0.508 e. The van der Waals surface area contributed by atoms with Crippen LogP contribution in [-0.2, 0) is 16.0 Å². The number of carbonyl (C=O) groups is 2. The summed E-state index contributed by atoms with van der Waals surface area (Å²) in [6.45, 7) is 2.47. The van der Waals surface area contributed by atoms with Gasteiger partial charge in [0.2, 0.25) is 0 Å². The minimum absolute atomic E-state index is 0.125. The van der Waals surface area contributed by atoms with E-state index in [9.17, 15) is 10.2 Å². The molecule has 0 aliphatic heterocycles. The van der Waals surface area contributed by atoms with Crippen LogP contribution in [0.2, 0.25) is 0 Å². The molecule has 0 fully saturated rings. The van der Waals surface area contributed by atoms with Gasteiger partial charge in [0, 0.05) is 18.2 Å². The van der Waals surface area contributed by atoms with E-state index >= 15 is 0 Å². The Labute approximate surface area is 163 Å². The summed E-state index contributed by atoms with van der Waals surface area (Å²) < 4.78 is 5.14. The van der Waals surface area contributed by atoms with Crippen molar-refractivity contribution in [3.05, 3.63) is 59.7 Å². The molecule has 0 aromatic heterocycles. The molecule has 2 unspecified atom stereocenters. The normalized spacial score (nSPS) is 12.2. The second kappa shape index (κ2) is 11.6. The van der Waals surface area contributed by atoms with E-state index in [1.165, 1.54) is 5.56 Å². The van der Waals surface area contributed by atoms with Crippen LogP contribution in [0.1, 0.15) is 24.2 Å². The van der Waals surface area contributed by atoms with Crippen LogP contribution >= 0.6 is 0 Å². The number of rotatable bonds is 7. The van der Waals surface area contributed by atoms with Gasteiger partial charge >= 0.3 is 11.9 Å². The Kier molecular flexibility index (Phi) is 9.49. The van der Waals surface area contributed by atoms with E-state index < -0.39 is 18.0 Å².